The maximum atomic E-state index is 12.0. The molecule has 1 aromatic rings. The summed E-state index contributed by atoms with van der Waals surface area (Å²) < 4.78 is 5.49. The van der Waals surface area contributed by atoms with Gasteiger partial charge in [-0.05, 0) is 24.1 Å². The molecule has 3 rings (SSSR count). The molecule has 1 saturated heterocycles. The Morgan fingerprint density at radius 3 is 3.00 bits per heavy atom. The molecule has 2 atom stereocenters. The van der Waals surface area contributed by atoms with Gasteiger partial charge in [-0.2, -0.15) is 0 Å². The molecule has 0 saturated carbocycles. The van der Waals surface area contributed by atoms with Crippen molar-refractivity contribution < 1.29 is 19.4 Å². The number of aliphatic hydroxyl groups is 1. The maximum Gasteiger partial charge on any atom is 0.244 e. The van der Waals surface area contributed by atoms with Crippen molar-refractivity contribution in [2.45, 2.75) is 31.7 Å². The lowest BCUT2D eigenvalue weighted by atomic mass is 10.0. The molecular formula is C16H18N2O4. The minimum atomic E-state index is -0.840. The lowest BCUT2D eigenvalue weighted by Crippen LogP contribution is -2.51. The van der Waals surface area contributed by atoms with E-state index < -0.39 is 12.3 Å². The zero-order valence-electron chi connectivity index (χ0n) is 12.1. The van der Waals surface area contributed by atoms with E-state index in [0.717, 1.165) is 11.1 Å². The van der Waals surface area contributed by atoms with Crippen molar-refractivity contribution in [1.29, 1.82) is 0 Å². The van der Waals surface area contributed by atoms with Gasteiger partial charge in [-0.25, -0.2) is 0 Å². The van der Waals surface area contributed by atoms with Gasteiger partial charge in [0.2, 0.25) is 11.8 Å². The Morgan fingerprint density at radius 2 is 2.27 bits per heavy atom. The number of amides is 2. The van der Waals surface area contributed by atoms with Gasteiger partial charge in [0.05, 0.1) is 6.04 Å². The Kier molecular flexibility index (Phi) is 3.96. The second-order valence-electron chi connectivity index (χ2n) is 5.47. The number of hydrogen-bond donors (Lipinski definition) is 2. The van der Waals surface area contributed by atoms with Gasteiger partial charge >= 0.3 is 0 Å². The van der Waals surface area contributed by atoms with Crippen LogP contribution >= 0.6 is 0 Å². The first-order valence-electron chi connectivity index (χ1n) is 7.24. The molecule has 1 fully saturated rings. The zero-order chi connectivity index (χ0) is 15.7. The van der Waals surface area contributed by atoms with E-state index in [1.165, 1.54) is 0 Å². The molecule has 6 heteroatoms. The van der Waals surface area contributed by atoms with Crippen molar-refractivity contribution in [3.8, 4) is 5.75 Å². The summed E-state index contributed by atoms with van der Waals surface area (Å²) in [6, 6.07) is 4.98. The normalized spacial score (nSPS) is 24.8. The van der Waals surface area contributed by atoms with Crippen LogP contribution in [0.5, 0.6) is 5.75 Å². The van der Waals surface area contributed by atoms with Gasteiger partial charge in [-0.1, -0.05) is 18.7 Å². The van der Waals surface area contributed by atoms with E-state index in [-0.39, 0.29) is 11.8 Å². The first-order chi connectivity index (χ1) is 10.6. The fourth-order valence-electron chi connectivity index (χ4n) is 2.96. The molecule has 22 heavy (non-hydrogen) atoms. The number of imide groups is 1. The first kappa shape index (κ1) is 14.7. The van der Waals surface area contributed by atoms with Gasteiger partial charge in [0, 0.05) is 18.5 Å². The molecule has 0 aromatic heterocycles. The molecule has 2 amide bonds. The number of ether oxygens (including phenoxy) is 1. The van der Waals surface area contributed by atoms with E-state index >= 15 is 0 Å². The van der Waals surface area contributed by atoms with Crippen LogP contribution in [0.4, 0.5) is 0 Å². The lowest BCUT2D eigenvalue weighted by molar-refractivity contribution is -0.141. The quantitative estimate of drug-likeness (QED) is 0.637. The fourth-order valence-corrected chi connectivity index (χ4v) is 2.96. The average Bonchev–Trinajstić information content (AvgIpc) is 2.82. The second-order valence-corrected chi connectivity index (χ2v) is 5.47. The Labute approximate surface area is 128 Å². The molecule has 116 valence electrons. The number of rotatable bonds is 4. The second kappa shape index (κ2) is 5.90. The first-order valence-corrected chi connectivity index (χ1v) is 7.24. The predicted octanol–water partition coefficient (Wildman–Crippen LogP) is 0.863. The summed E-state index contributed by atoms with van der Waals surface area (Å²) >= 11 is 0. The topological polar surface area (TPSA) is 78.9 Å². The standard InChI is InChI=1S/C16H18N2O4/c1-2-7-22-11-3-4-12-10(8-11)9-18(16(12)21)13-5-6-14(19)17-15(13)20/h2-4,8,13,16,21H,1,5-7,9H2,(H,17,19,20). The number of carbonyl (C=O) groups excluding carboxylic acids is 2. The summed E-state index contributed by atoms with van der Waals surface area (Å²) in [5.74, 6) is 0.106. The maximum absolute atomic E-state index is 12.0. The highest BCUT2D eigenvalue weighted by Gasteiger charge is 2.39. The van der Waals surface area contributed by atoms with Gasteiger partial charge in [-0.3, -0.25) is 19.8 Å². The minimum Gasteiger partial charge on any atom is -0.490 e. The van der Waals surface area contributed by atoms with Crippen molar-refractivity contribution in [3.05, 3.63) is 42.0 Å². The summed E-state index contributed by atoms with van der Waals surface area (Å²) in [4.78, 5) is 24.9. The highest BCUT2D eigenvalue weighted by molar-refractivity contribution is 6.00. The molecule has 6 nitrogen and oxygen atoms in total. The number of fused-ring (bicyclic) bond motifs is 1. The number of benzene rings is 1. The summed E-state index contributed by atoms with van der Waals surface area (Å²) in [6.45, 7) is 4.47. The third-order valence-corrected chi connectivity index (χ3v) is 4.04. The van der Waals surface area contributed by atoms with Crippen LogP contribution in [0.3, 0.4) is 0 Å². The van der Waals surface area contributed by atoms with Gasteiger partial charge in [0.15, 0.2) is 0 Å². The lowest BCUT2D eigenvalue weighted by Gasteiger charge is -2.31. The van der Waals surface area contributed by atoms with Crippen LogP contribution in [0.15, 0.2) is 30.9 Å². The number of carbonyl (C=O) groups is 2. The number of aliphatic hydroxyl groups excluding tert-OH is 1. The van der Waals surface area contributed by atoms with Crippen LogP contribution < -0.4 is 10.1 Å². The molecule has 0 aliphatic carbocycles. The Balaban J connectivity index is 1.78. The minimum absolute atomic E-state index is 0.257. The summed E-state index contributed by atoms with van der Waals surface area (Å²) in [5.41, 5.74) is 1.70. The Hall–Kier alpha value is -2.18. The highest BCUT2D eigenvalue weighted by atomic mass is 16.5. The summed E-state index contributed by atoms with van der Waals surface area (Å²) in [7, 11) is 0. The fraction of sp³-hybridized carbons (Fsp3) is 0.375. The van der Waals surface area contributed by atoms with Crippen molar-refractivity contribution in [3.63, 3.8) is 0 Å². The van der Waals surface area contributed by atoms with Crippen LogP contribution in [0, 0.1) is 0 Å². The average molecular weight is 302 g/mol. The SMILES string of the molecule is C=CCOc1ccc2c(c1)CN(C1CCC(=O)NC1=O)C2O. The van der Waals surface area contributed by atoms with E-state index in [0.29, 0.717) is 31.7 Å². The van der Waals surface area contributed by atoms with E-state index in [2.05, 4.69) is 11.9 Å². The molecule has 0 radical (unpaired) electrons. The van der Waals surface area contributed by atoms with E-state index in [1.54, 1.807) is 17.0 Å². The molecule has 0 bridgehead atoms. The molecule has 1 aromatic carbocycles. The third kappa shape index (κ3) is 2.63. The number of hydrogen-bond acceptors (Lipinski definition) is 5. The van der Waals surface area contributed by atoms with Crippen LogP contribution in [0.25, 0.3) is 0 Å². The van der Waals surface area contributed by atoms with Crippen molar-refractivity contribution in [1.82, 2.24) is 10.2 Å². The van der Waals surface area contributed by atoms with E-state index in [9.17, 15) is 14.7 Å². The van der Waals surface area contributed by atoms with Crippen LogP contribution in [-0.4, -0.2) is 34.5 Å². The largest absolute Gasteiger partial charge is 0.490 e. The van der Waals surface area contributed by atoms with Gasteiger partial charge in [-0.15, -0.1) is 0 Å². The van der Waals surface area contributed by atoms with Crippen molar-refractivity contribution >= 4 is 11.8 Å². The molecule has 2 heterocycles. The van der Waals surface area contributed by atoms with Crippen LogP contribution in [0.2, 0.25) is 0 Å². The number of piperidine rings is 1. The van der Waals surface area contributed by atoms with Gasteiger partial charge in [0.25, 0.3) is 0 Å². The highest BCUT2D eigenvalue weighted by Crippen LogP contribution is 2.36. The molecule has 2 aliphatic heterocycles. The van der Waals surface area contributed by atoms with Crippen LogP contribution in [0.1, 0.15) is 30.2 Å². The summed E-state index contributed by atoms with van der Waals surface area (Å²) in [6.07, 6.45) is 1.55. The van der Waals surface area contributed by atoms with E-state index in [1.807, 2.05) is 12.1 Å². The number of nitrogens with zero attached hydrogens (tertiary/aromatic N) is 1. The molecule has 2 N–H and O–H groups in total. The third-order valence-electron chi connectivity index (χ3n) is 4.04. The van der Waals surface area contributed by atoms with Crippen molar-refractivity contribution in [2.24, 2.45) is 0 Å². The van der Waals surface area contributed by atoms with Gasteiger partial charge < -0.3 is 9.84 Å². The molecule has 0 spiro atoms. The smallest absolute Gasteiger partial charge is 0.244 e. The molecule has 2 aliphatic rings. The zero-order valence-corrected chi connectivity index (χ0v) is 12.1. The predicted molar refractivity (Wildman–Crippen MR) is 78.8 cm³/mol. The Morgan fingerprint density at radius 1 is 1.45 bits per heavy atom. The molecule has 2 unspecified atom stereocenters. The number of nitrogens with one attached hydrogen (secondary N) is 1. The van der Waals surface area contributed by atoms with E-state index in [4.69, 9.17) is 4.74 Å². The molecular weight excluding hydrogens is 284 g/mol. The summed E-state index contributed by atoms with van der Waals surface area (Å²) in [5, 5.41) is 12.8. The van der Waals surface area contributed by atoms with Crippen molar-refractivity contribution in [2.75, 3.05) is 6.61 Å². The Bertz CT molecular complexity index is 629. The van der Waals surface area contributed by atoms with Gasteiger partial charge in [0.1, 0.15) is 18.6 Å². The monoisotopic (exact) mass is 302 g/mol. The van der Waals surface area contributed by atoms with Crippen LogP contribution in [-0.2, 0) is 16.1 Å².